The average molecular weight is 424 g/mol. The van der Waals surface area contributed by atoms with Gasteiger partial charge in [0, 0.05) is 12.1 Å². The molecule has 0 saturated carbocycles. The number of sulfonamides is 1. The Hall–Kier alpha value is -3.72. The fourth-order valence-corrected chi connectivity index (χ4v) is 4.09. The van der Waals surface area contributed by atoms with Gasteiger partial charge in [0.1, 0.15) is 4.90 Å². The van der Waals surface area contributed by atoms with Gasteiger partial charge in [0.2, 0.25) is 0 Å². The van der Waals surface area contributed by atoms with Gasteiger partial charge in [-0.25, -0.2) is 8.42 Å². The van der Waals surface area contributed by atoms with E-state index in [1.807, 2.05) is 43.3 Å². The molecule has 0 spiro atoms. The summed E-state index contributed by atoms with van der Waals surface area (Å²) in [4.78, 5) is 10.3. The molecular weight excluding hydrogens is 404 g/mol. The topological polar surface area (TPSA) is 114 Å². The second-order valence-electron chi connectivity index (χ2n) is 6.64. The normalized spacial score (nSPS) is 11.4. The lowest BCUT2D eigenvalue weighted by Gasteiger charge is -2.14. The molecule has 0 aliphatic carbocycles. The van der Waals surface area contributed by atoms with E-state index >= 15 is 0 Å². The molecule has 0 atom stereocenters. The molecule has 0 fully saturated rings. The molecule has 0 aliphatic heterocycles. The van der Waals surface area contributed by atoms with Crippen molar-refractivity contribution in [2.75, 3.05) is 10.1 Å². The molecule has 0 saturated heterocycles. The number of aryl methyl sites for hydroxylation is 2. The lowest BCUT2D eigenvalue weighted by molar-refractivity contribution is -0.385. The second kappa shape index (κ2) is 8.75. The molecule has 3 rings (SSSR count). The summed E-state index contributed by atoms with van der Waals surface area (Å²) in [6.45, 7) is 3.68. The van der Waals surface area contributed by atoms with Crippen LogP contribution in [0.1, 0.15) is 16.7 Å². The van der Waals surface area contributed by atoms with Crippen LogP contribution in [0.15, 0.2) is 76.7 Å². The third-order valence-corrected chi connectivity index (χ3v) is 5.70. The Labute approximate surface area is 174 Å². The lowest BCUT2D eigenvalue weighted by Crippen LogP contribution is -2.16. The minimum absolute atomic E-state index is 0.116. The molecule has 2 N–H and O–H groups in total. The van der Waals surface area contributed by atoms with E-state index in [9.17, 15) is 18.5 Å². The average Bonchev–Trinajstić information content (AvgIpc) is 2.71. The minimum Gasteiger partial charge on any atom is -0.279 e. The predicted octanol–water partition coefficient (Wildman–Crippen LogP) is 4.46. The predicted molar refractivity (Wildman–Crippen MR) is 117 cm³/mol. The Morgan fingerprint density at radius 2 is 1.67 bits per heavy atom. The maximum atomic E-state index is 13.0. The Bertz CT molecular complexity index is 1210. The van der Waals surface area contributed by atoms with Gasteiger partial charge in [-0.1, -0.05) is 48.0 Å². The van der Waals surface area contributed by atoms with Crippen molar-refractivity contribution in [3.8, 4) is 0 Å². The number of nitrogens with zero attached hydrogens (tertiary/aromatic N) is 2. The summed E-state index contributed by atoms with van der Waals surface area (Å²) in [7, 11) is -4.12. The van der Waals surface area contributed by atoms with E-state index in [1.165, 1.54) is 18.3 Å². The summed E-state index contributed by atoms with van der Waals surface area (Å²) in [5.41, 5.74) is 5.38. The Kier molecular flexibility index (Phi) is 6.12. The van der Waals surface area contributed by atoms with E-state index in [0.29, 0.717) is 5.69 Å². The highest BCUT2D eigenvalue weighted by Gasteiger charge is 2.23. The minimum atomic E-state index is -4.12. The van der Waals surface area contributed by atoms with Crippen molar-refractivity contribution in [3.63, 3.8) is 0 Å². The molecule has 0 aromatic heterocycles. The van der Waals surface area contributed by atoms with Crippen LogP contribution in [0.4, 0.5) is 17.1 Å². The van der Waals surface area contributed by atoms with E-state index in [4.69, 9.17) is 0 Å². The molecule has 154 valence electrons. The van der Waals surface area contributed by atoms with Gasteiger partial charge in [-0.2, -0.15) is 5.10 Å². The highest BCUT2D eigenvalue weighted by atomic mass is 32.2. The van der Waals surface area contributed by atoms with Crippen LogP contribution in [0.25, 0.3) is 0 Å². The third kappa shape index (κ3) is 5.00. The maximum Gasteiger partial charge on any atom is 0.270 e. The van der Waals surface area contributed by atoms with E-state index in [-0.39, 0.29) is 16.3 Å². The van der Waals surface area contributed by atoms with Gasteiger partial charge in [-0.3, -0.25) is 20.3 Å². The second-order valence-corrected chi connectivity index (χ2v) is 8.29. The summed E-state index contributed by atoms with van der Waals surface area (Å²) < 4.78 is 28.6. The lowest BCUT2D eigenvalue weighted by atomic mass is 10.1. The summed E-state index contributed by atoms with van der Waals surface area (Å²) in [6.07, 6.45) is 1.52. The molecule has 0 aliphatic rings. The molecule has 3 aromatic carbocycles. The summed E-state index contributed by atoms with van der Waals surface area (Å²) >= 11 is 0. The van der Waals surface area contributed by atoms with Crippen LogP contribution in [-0.2, 0) is 10.0 Å². The molecule has 3 aromatic rings. The van der Waals surface area contributed by atoms with Crippen LogP contribution in [0.5, 0.6) is 0 Å². The van der Waals surface area contributed by atoms with Crippen molar-refractivity contribution in [2.45, 2.75) is 18.7 Å². The van der Waals surface area contributed by atoms with Crippen LogP contribution in [-0.4, -0.2) is 19.6 Å². The van der Waals surface area contributed by atoms with Crippen molar-refractivity contribution < 1.29 is 13.3 Å². The first-order valence-corrected chi connectivity index (χ1v) is 10.5. The number of hydrogen-bond donors (Lipinski definition) is 2. The van der Waals surface area contributed by atoms with E-state index < -0.39 is 14.9 Å². The SMILES string of the molecule is Cc1ccc(NS(=O)(=O)c2cc([N+](=O)[O-])ccc2N/N=C\c2ccccc2)c(C)c1. The molecule has 0 unspecified atom stereocenters. The number of hydrogen-bond acceptors (Lipinski definition) is 6. The molecule has 0 radical (unpaired) electrons. The number of rotatable bonds is 7. The van der Waals surface area contributed by atoms with Gasteiger partial charge in [0.05, 0.1) is 22.5 Å². The molecule has 30 heavy (non-hydrogen) atoms. The first-order chi connectivity index (χ1) is 14.3. The maximum absolute atomic E-state index is 13.0. The standard InChI is InChI=1S/C21H20N4O4S/c1-15-8-10-19(16(2)12-15)24-30(28,29)21-13-18(25(26)27)9-11-20(21)23-22-14-17-6-4-3-5-7-17/h3-14,23-24H,1-2H3/b22-14-. The van der Waals surface area contributed by atoms with Gasteiger partial charge < -0.3 is 0 Å². The van der Waals surface area contributed by atoms with Crippen molar-refractivity contribution in [2.24, 2.45) is 5.10 Å². The Morgan fingerprint density at radius 1 is 0.967 bits per heavy atom. The molecule has 8 nitrogen and oxygen atoms in total. The van der Waals surface area contributed by atoms with Crippen LogP contribution in [0.3, 0.4) is 0 Å². The van der Waals surface area contributed by atoms with E-state index in [0.717, 1.165) is 22.8 Å². The summed E-state index contributed by atoms with van der Waals surface area (Å²) in [5.74, 6) is 0. The third-order valence-electron chi connectivity index (χ3n) is 4.29. The van der Waals surface area contributed by atoms with Gasteiger partial charge in [-0.15, -0.1) is 0 Å². The van der Waals surface area contributed by atoms with Crippen LogP contribution in [0.2, 0.25) is 0 Å². The smallest absolute Gasteiger partial charge is 0.270 e. The molecule has 0 heterocycles. The first-order valence-electron chi connectivity index (χ1n) is 8.99. The van der Waals surface area contributed by atoms with Crippen LogP contribution in [0, 0.1) is 24.0 Å². The molecular formula is C21H20N4O4S. The number of nitro groups is 1. The van der Waals surface area contributed by atoms with Crippen molar-refractivity contribution in [3.05, 3.63) is 93.5 Å². The van der Waals surface area contributed by atoms with Gasteiger partial charge in [0.25, 0.3) is 15.7 Å². The summed E-state index contributed by atoms with van der Waals surface area (Å²) in [6, 6.07) is 18.0. The first kappa shape index (κ1) is 21.0. The van der Waals surface area contributed by atoms with Gasteiger partial charge in [0.15, 0.2) is 0 Å². The van der Waals surface area contributed by atoms with Crippen molar-refractivity contribution in [1.29, 1.82) is 0 Å². The number of hydrazone groups is 1. The number of anilines is 2. The van der Waals surface area contributed by atoms with E-state index in [2.05, 4.69) is 15.2 Å². The zero-order valence-electron chi connectivity index (χ0n) is 16.4. The number of benzene rings is 3. The van der Waals surface area contributed by atoms with Gasteiger partial charge >= 0.3 is 0 Å². The summed E-state index contributed by atoms with van der Waals surface area (Å²) in [5, 5.41) is 15.2. The van der Waals surface area contributed by atoms with Crippen LogP contribution < -0.4 is 10.1 Å². The quantitative estimate of drug-likeness (QED) is 0.330. The Balaban J connectivity index is 1.96. The largest absolute Gasteiger partial charge is 0.279 e. The highest BCUT2D eigenvalue weighted by molar-refractivity contribution is 7.92. The molecule has 0 bridgehead atoms. The van der Waals surface area contributed by atoms with Gasteiger partial charge in [-0.05, 0) is 37.1 Å². The molecule has 9 heteroatoms. The fourth-order valence-electron chi connectivity index (χ4n) is 2.78. The number of non-ortho nitro benzene ring substituents is 1. The molecule has 0 amide bonds. The van der Waals surface area contributed by atoms with Crippen LogP contribution >= 0.6 is 0 Å². The van der Waals surface area contributed by atoms with Crippen molar-refractivity contribution >= 4 is 33.3 Å². The number of nitrogens with one attached hydrogen (secondary N) is 2. The zero-order chi connectivity index (χ0) is 21.7. The zero-order valence-corrected chi connectivity index (χ0v) is 17.2. The van der Waals surface area contributed by atoms with E-state index in [1.54, 1.807) is 19.1 Å². The Morgan fingerprint density at radius 3 is 2.33 bits per heavy atom. The highest BCUT2D eigenvalue weighted by Crippen LogP contribution is 2.29. The van der Waals surface area contributed by atoms with Crippen molar-refractivity contribution in [1.82, 2.24) is 0 Å². The number of nitro benzene ring substituents is 1. The monoisotopic (exact) mass is 424 g/mol. The fraction of sp³-hybridized carbons (Fsp3) is 0.0952.